The fourth-order valence-corrected chi connectivity index (χ4v) is 3.45. The molecule has 1 aliphatic carbocycles. The first-order valence-electron chi connectivity index (χ1n) is 8.18. The molecule has 4 heteroatoms. The quantitative estimate of drug-likeness (QED) is 0.778. The van der Waals surface area contributed by atoms with Gasteiger partial charge in [-0.2, -0.15) is 0 Å². The molecule has 0 saturated heterocycles. The van der Waals surface area contributed by atoms with Crippen molar-refractivity contribution in [3.63, 3.8) is 0 Å². The number of rotatable bonds is 3. The first-order valence-corrected chi connectivity index (χ1v) is 8.18. The summed E-state index contributed by atoms with van der Waals surface area (Å²) in [6.45, 7) is 0. The minimum atomic E-state index is -0.317. The highest BCUT2D eigenvalue weighted by molar-refractivity contribution is 6.06. The monoisotopic (exact) mass is 318 g/mol. The summed E-state index contributed by atoms with van der Waals surface area (Å²) in [5.74, 6) is -0.194. The zero-order valence-corrected chi connectivity index (χ0v) is 13.2. The van der Waals surface area contributed by atoms with Crippen molar-refractivity contribution >= 4 is 16.8 Å². The van der Waals surface area contributed by atoms with Gasteiger partial charge < -0.3 is 10.3 Å². The van der Waals surface area contributed by atoms with Crippen molar-refractivity contribution in [3.05, 3.63) is 82.1 Å². The molecule has 1 saturated carbocycles. The molecular weight excluding hydrogens is 300 g/mol. The van der Waals surface area contributed by atoms with Crippen LogP contribution in [0.25, 0.3) is 10.9 Å². The largest absolute Gasteiger partial charge is 0.343 e. The average molecular weight is 318 g/mol. The Morgan fingerprint density at radius 2 is 1.71 bits per heavy atom. The average Bonchev–Trinajstić information content (AvgIpc) is 2.58. The van der Waals surface area contributed by atoms with Crippen molar-refractivity contribution in [2.24, 2.45) is 0 Å². The Bertz CT molecular complexity index is 956. The number of aromatic nitrogens is 1. The van der Waals surface area contributed by atoms with Crippen molar-refractivity contribution in [2.45, 2.75) is 24.8 Å². The number of H-pyrrole nitrogens is 1. The van der Waals surface area contributed by atoms with Crippen LogP contribution in [0, 0.1) is 0 Å². The van der Waals surface area contributed by atoms with E-state index in [1.54, 1.807) is 0 Å². The van der Waals surface area contributed by atoms with Gasteiger partial charge in [0.15, 0.2) is 0 Å². The molecule has 1 heterocycles. The van der Waals surface area contributed by atoms with Crippen LogP contribution in [0.4, 0.5) is 0 Å². The van der Waals surface area contributed by atoms with E-state index >= 15 is 0 Å². The van der Waals surface area contributed by atoms with Crippen molar-refractivity contribution in [1.82, 2.24) is 10.3 Å². The maximum absolute atomic E-state index is 12.9. The number of hydrogen-bond donors (Lipinski definition) is 2. The van der Waals surface area contributed by atoms with E-state index < -0.39 is 0 Å². The Kier molecular flexibility index (Phi) is 3.45. The number of hydrogen-bond acceptors (Lipinski definition) is 2. The third kappa shape index (κ3) is 2.40. The first-order chi connectivity index (χ1) is 11.7. The van der Waals surface area contributed by atoms with Crippen LogP contribution < -0.4 is 10.9 Å². The highest BCUT2D eigenvalue weighted by Gasteiger charge is 2.40. The van der Waals surface area contributed by atoms with Crippen LogP contribution in [0.2, 0.25) is 0 Å². The number of fused-ring (bicyclic) bond motifs is 1. The van der Waals surface area contributed by atoms with Crippen LogP contribution in [0.3, 0.4) is 0 Å². The second kappa shape index (κ2) is 5.64. The van der Waals surface area contributed by atoms with E-state index in [4.69, 9.17) is 0 Å². The van der Waals surface area contributed by atoms with Gasteiger partial charge in [0.1, 0.15) is 0 Å². The van der Waals surface area contributed by atoms with Crippen LogP contribution in [0.15, 0.2) is 65.5 Å². The fourth-order valence-electron chi connectivity index (χ4n) is 3.45. The number of pyridine rings is 1. The van der Waals surface area contributed by atoms with E-state index in [-0.39, 0.29) is 17.0 Å². The Labute approximate surface area is 139 Å². The molecule has 3 aromatic rings. The minimum Gasteiger partial charge on any atom is -0.343 e. The molecule has 0 spiro atoms. The molecule has 120 valence electrons. The lowest BCUT2D eigenvalue weighted by molar-refractivity contribution is 0.0825. The number of para-hydroxylation sites is 1. The fraction of sp³-hybridized carbons (Fsp3) is 0.200. The molecule has 1 amide bonds. The molecule has 1 aromatic heterocycles. The van der Waals surface area contributed by atoms with Gasteiger partial charge in [-0.05, 0) is 30.9 Å². The van der Waals surface area contributed by atoms with Gasteiger partial charge >= 0.3 is 0 Å². The third-order valence-corrected chi connectivity index (χ3v) is 4.88. The Balaban J connectivity index is 1.74. The van der Waals surface area contributed by atoms with Crippen molar-refractivity contribution < 1.29 is 4.79 Å². The molecule has 0 radical (unpaired) electrons. The van der Waals surface area contributed by atoms with Crippen LogP contribution >= 0.6 is 0 Å². The summed E-state index contributed by atoms with van der Waals surface area (Å²) in [6, 6.07) is 18.8. The zero-order valence-electron chi connectivity index (χ0n) is 13.2. The summed E-state index contributed by atoms with van der Waals surface area (Å²) in [7, 11) is 0. The van der Waals surface area contributed by atoms with E-state index in [2.05, 4.69) is 22.4 Å². The molecule has 2 N–H and O–H groups in total. The van der Waals surface area contributed by atoms with Gasteiger partial charge in [-0.15, -0.1) is 0 Å². The van der Waals surface area contributed by atoms with E-state index in [9.17, 15) is 9.59 Å². The maximum atomic E-state index is 12.9. The van der Waals surface area contributed by atoms with Gasteiger partial charge in [0.2, 0.25) is 5.56 Å². The zero-order chi connectivity index (χ0) is 16.6. The molecule has 4 rings (SSSR count). The summed E-state index contributed by atoms with van der Waals surface area (Å²) in [6.07, 6.45) is 2.93. The smallest absolute Gasteiger partial charge is 0.252 e. The summed E-state index contributed by atoms with van der Waals surface area (Å²) in [5.41, 5.74) is 1.65. The molecule has 0 unspecified atom stereocenters. The highest BCUT2D eigenvalue weighted by Crippen LogP contribution is 2.41. The number of aromatic amines is 1. The van der Waals surface area contributed by atoms with Crippen LogP contribution in [-0.4, -0.2) is 10.9 Å². The Morgan fingerprint density at radius 3 is 2.42 bits per heavy atom. The Morgan fingerprint density at radius 1 is 1.00 bits per heavy atom. The second-order valence-electron chi connectivity index (χ2n) is 6.35. The number of carbonyl (C=O) groups excluding carboxylic acids is 1. The molecular formula is C20H18N2O2. The topological polar surface area (TPSA) is 62.0 Å². The second-order valence-corrected chi connectivity index (χ2v) is 6.35. The first kappa shape index (κ1) is 14.7. The van der Waals surface area contributed by atoms with Crippen molar-refractivity contribution in [3.8, 4) is 0 Å². The van der Waals surface area contributed by atoms with Crippen LogP contribution in [-0.2, 0) is 5.54 Å². The van der Waals surface area contributed by atoms with Crippen molar-refractivity contribution in [2.75, 3.05) is 0 Å². The lowest BCUT2D eigenvalue weighted by Gasteiger charge is -2.43. The lowest BCUT2D eigenvalue weighted by atomic mass is 9.71. The normalized spacial score (nSPS) is 15.7. The van der Waals surface area contributed by atoms with Gasteiger partial charge in [0.25, 0.3) is 5.91 Å². The van der Waals surface area contributed by atoms with Gasteiger partial charge in [0.05, 0.1) is 11.1 Å². The van der Waals surface area contributed by atoms with E-state index in [0.29, 0.717) is 11.1 Å². The van der Waals surface area contributed by atoms with E-state index in [1.165, 1.54) is 6.07 Å². The third-order valence-electron chi connectivity index (χ3n) is 4.88. The number of carbonyl (C=O) groups is 1. The molecule has 0 atom stereocenters. The van der Waals surface area contributed by atoms with Gasteiger partial charge in [-0.25, -0.2) is 0 Å². The summed E-state index contributed by atoms with van der Waals surface area (Å²) in [4.78, 5) is 27.6. The molecule has 2 aromatic carbocycles. The van der Waals surface area contributed by atoms with Gasteiger partial charge in [-0.1, -0.05) is 48.5 Å². The van der Waals surface area contributed by atoms with E-state index in [1.807, 2.05) is 42.5 Å². The molecule has 4 nitrogen and oxygen atoms in total. The molecule has 1 fully saturated rings. The number of nitrogens with one attached hydrogen (secondary N) is 2. The summed E-state index contributed by atoms with van der Waals surface area (Å²) >= 11 is 0. The van der Waals surface area contributed by atoms with Crippen LogP contribution in [0.1, 0.15) is 35.2 Å². The maximum Gasteiger partial charge on any atom is 0.252 e. The predicted molar refractivity (Wildman–Crippen MR) is 94.0 cm³/mol. The minimum absolute atomic E-state index is 0.194. The predicted octanol–water partition coefficient (Wildman–Crippen LogP) is 3.34. The highest BCUT2D eigenvalue weighted by atomic mass is 16.2. The molecule has 1 aliphatic rings. The summed E-state index contributed by atoms with van der Waals surface area (Å²) in [5, 5.41) is 3.95. The molecule has 0 aliphatic heterocycles. The number of amides is 1. The Hall–Kier alpha value is -2.88. The lowest BCUT2D eigenvalue weighted by Crippen LogP contribution is -2.50. The van der Waals surface area contributed by atoms with Crippen LogP contribution in [0.5, 0.6) is 0 Å². The SMILES string of the molecule is O=C(NC1(c2ccccc2)CCC1)c1cc(=O)[nH]c2ccccc12. The summed E-state index contributed by atoms with van der Waals surface area (Å²) < 4.78 is 0. The van der Waals surface area contributed by atoms with E-state index in [0.717, 1.165) is 30.2 Å². The van der Waals surface area contributed by atoms with Gasteiger partial charge in [-0.3, -0.25) is 9.59 Å². The van der Waals surface area contributed by atoms with Gasteiger partial charge in [0, 0.05) is 17.0 Å². The molecule has 24 heavy (non-hydrogen) atoms. The molecule has 0 bridgehead atoms. The number of benzene rings is 2. The van der Waals surface area contributed by atoms with Crippen molar-refractivity contribution in [1.29, 1.82) is 0 Å². The standard InChI is InChI=1S/C20H18N2O2/c23-18-13-16(15-9-4-5-10-17(15)21-18)19(24)22-20(11-6-12-20)14-7-2-1-3-8-14/h1-5,7-10,13H,6,11-12H2,(H,21,23)(H,22,24).